The Morgan fingerprint density at radius 3 is 1.67 bits per heavy atom. The van der Waals surface area contributed by atoms with Gasteiger partial charge in [0.15, 0.2) is 0 Å². The summed E-state index contributed by atoms with van der Waals surface area (Å²) in [6, 6.07) is 0.427. The van der Waals surface area contributed by atoms with Crippen LogP contribution in [0.2, 0.25) is 0 Å². The van der Waals surface area contributed by atoms with Crippen LogP contribution in [0.3, 0.4) is 0 Å². The molecule has 0 aromatic carbocycles. The molecular weight excluding hydrogens is 260 g/mol. The van der Waals surface area contributed by atoms with Gasteiger partial charge in [-0.25, -0.2) is 0 Å². The van der Waals surface area contributed by atoms with Crippen LogP contribution in [-0.2, 0) is 4.79 Å². The minimum Gasteiger partial charge on any atom is -0.370 e. The van der Waals surface area contributed by atoms with Gasteiger partial charge in [-0.2, -0.15) is 0 Å². The summed E-state index contributed by atoms with van der Waals surface area (Å²) in [4.78, 5) is 10.6. The van der Waals surface area contributed by atoms with Crippen LogP contribution in [0.15, 0.2) is 0 Å². The number of carbonyl (C=O) groups is 1. The molecule has 4 N–H and O–H groups in total. The monoisotopic (exact) mass is 298 g/mol. The van der Waals surface area contributed by atoms with Gasteiger partial charge in [0.25, 0.3) is 0 Å². The molecule has 1 atom stereocenters. The van der Waals surface area contributed by atoms with Crippen molar-refractivity contribution in [1.82, 2.24) is 0 Å². The molecule has 0 aromatic heterocycles. The average Bonchev–Trinajstić information content (AvgIpc) is 2.45. The summed E-state index contributed by atoms with van der Waals surface area (Å²) in [5.41, 5.74) is 11.2. The third kappa shape index (κ3) is 17.4. The molecule has 0 aliphatic rings. The molecule has 3 heteroatoms. The lowest BCUT2D eigenvalue weighted by Crippen LogP contribution is -2.19. The lowest BCUT2D eigenvalue weighted by molar-refractivity contribution is -0.118. The van der Waals surface area contributed by atoms with Crippen molar-refractivity contribution in [3.63, 3.8) is 0 Å². The third-order valence-corrected chi connectivity index (χ3v) is 4.18. The summed E-state index contributed by atoms with van der Waals surface area (Å²) >= 11 is 0. The van der Waals surface area contributed by atoms with E-state index < -0.39 is 0 Å². The zero-order valence-electron chi connectivity index (χ0n) is 14.2. The van der Waals surface area contributed by atoms with E-state index in [4.69, 9.17) is 11.5 Å². The number of nitrogens with two attached hydrogens (primary N) is 2. The van der Waals surface area contributed by atoms with Crippen LogP contribution in [-0.4, -0.2) is 11.9 Å². The second-order valence-electron chi connectivity index (χ2n) is 6.44. The van der Waals surface area contributed by atoms with Crippen LogP contribution in [0.1, 0.15) is 103 Å². The topological polar surface area (TPSA) is 69.1 Å². The predicted molar refractivity (Wildman–Crippen MR) is 92.1 cm³/mol. The molecule has 0 unspecified atom stereocenters. The maximum atomic E-state index is 10.6. The molecule has 0 aliphatic heterocycles. The quantitative estimate of drug-likeness (QED) is 0.406. The average molecular weight is 299 g/mol. The molecule has 0 bridgehead atoms. The first kappa shape index (κ1) is 20.4. The largest absolute Gasteiger partial charge is 0.370 e. The van der Waals surface area contributed by atoms with Gasteiger partial charge in [-0.15, -0.1) is 0 Å². The lowest BCUT2D eigenvalue weighted by Gasteiger charge is -2.11. The van der Waals surface area contributed by atoms with E-state index in [0.717, 1.165) is 12.8 Å². The number of primary amides is 1. The van der Waals surface area contributed by atoms with Crippen molar-refractivity contribution in [2.24, 2.45) is 11.5 Å². The van der Waals surface area contributed by atoms with Crippen LogP contribution in [0.5, 0.6) is 0 Å². The maximum absolute atomic E-state index is 10.6. The van der Waals surface area contributed by atoms with E-state index in [2.05, 4.69) is 6.92 Å². The SMILES string of the molecule is CCCCCC[C@@H](N)CCCCCCCCCCC(N)=O. The first-order valence-corrected chi connectivity index (χ1v) is 9.20. The molecule has 0 aliphatic carbocycles. The van der Waals surface area contributed by atoms with Gasteiger partial charge in [-0.3, -0.25) is 4.79 Å². The van der Waals surface area contributed by atoms with E-state index in [9.17, 15) is 4.79 Å². The summed E-state index contributed by atoms with van der Waals surface area (Å²) < 4.78 is 0. The number of unbranched alkanes of at least 4 members (excludes halogenated alkanes) is 10. The van der Waals surface area contributed by atoms with E-state index in [-0.39, 0.29) is 5.91 Å². The van der Waals surface area contributed by atoms with E-state index >= 15 is 0 Å². The van der Waals surface area contributed by atoms with Crippen LogP contribution in [0, 0.1) is 0 Å². The lowest BCUT2D eigenvalue weighted by atomic mass is 10.0. The minimum absolute atomic E-state index is 0.166. The predicted octanol–water partition coefficient (Wildman–Crippen LogP) is 4.67. The fraction of sp³-hybridized carbons (Fsp3) is 0.944. The van der Waals surface area contributed by atoms with Crippen molar-refractivity contribution >= 4 is 5.91 Å². The molecule has 3 nitrogen and oxygen atoms in total. The molecule has 0 rings (SSSR count). The summed E-state index contributed by atoms with van der Waals surface area (Å²) in [5, 5.41) is 0. The van der Waals surface area contributed by atoms with Gasteiger partial charge in [-0.05, 0) is 19.3 Å². The maximum Gasteiger partial charge on any atom is 0.217 e. The second kappa shape index (κ2) is 15.8. The Labute approximate surface area is 132 Å². The zero-order chi connectivity index (χ0) is 15.8. The first-order valence-electron chi connectivity index (χ1n) is 9.20. The fourth-order valence-electron chi connectivity index (χ4n) is 2.74. The van der Waals surface area contributed by atoms with Gasteiger partial charge in [0.1, 0.15) is 0 Å². The van der Waals surface area contributed by atoms with Gasteiger partial charge in [-0.1, -0.05) is 77.6 Å². The molecular formula is C18H38N2O. The van der Waals surface area contributed by atoms with Crippen LogP contribution >= 0.6 is 0 Å². The molecule has 0 saturated heterocycles. The Hall–Kier alpha value is -0.570. The van der Waals surface area contributed by atoms with Crippen LogP contribution in [0.25, 0.3) is 0 Å². The minimum atomic E-state index is -0.166. The van der Waals surface area contributed by atoms with Gasteiger partial charge in [0.05, 0.1) is 0 Å². The molecule has 21 heavy (non-hydrogen) atoms. The summed E-state index contributed by atoms with van der Waals surface area (Å²) in [6.45, 7) is 2.25. The molecule has 0 fully saturated rings. The smallest absolute Gasteiger partial charge is 0.217 e. The van der Waals surface area contributed by atoms with Crippen molar-refractivity contribution in [3.8, 4) is 0 Å². The standard InChI is InChI=1S/C18H38N2O/c1-2-3-4-11-14-17(19)15-12-9-7-5-6-8-10-13-16-18(20)21/h17H,2-16,19H2,1H3,(H2,20,21)/t17-/m1/s1. The van der Waals surface area contributed by atoms with E-state index in [1.807, 2.05) is 0 Å². The van der Waals surface area contributed by atoms with Gasteiger partial charge in [0, 0.05) is 12.5 Å². The highest BCUT2D eigenvalue weighted by Crippen LogP contribution is 2.13. The zero-order valence-corrected chi connectivity index (χ0v) is 14.2. The number of amides is 1. The molecule has 0 aromatic rings. The van der Waals surface area contributed by atoms with E-state index in [1.165, 1.54) is 77.0 Å². The summed E-state index contributed by atoms with van der Waals surface area (Å²) in [7, 11) is 0. The van der Waals surface area contributed by atoms with Gasteiger partial charge >= 0.3 is 0 Å². The molecule has 1 amide bonds. The normalized spacial score (nSPS) is 12.5. The van der Waals surface area contributed by atoms with Gasteiger partial charge < -0.3 is 11.5 Å². The Balaban J connectivity index is 3.12. The summed E-state index contributed by atoms with van der Waals surface area (Å²) in [6.07, 6.45) is 18.2. The number of hydrogen-bond acceptors (Lipinski definition) is 2. The van der Waals surface area contributed by atoms with Crippen molar-refractivity contribution in [3.05, 3.63) is 0 Å². The molecule has 126 valence electrons. The Morgan fingerprint density at radius 1 is 0.762 bits per heavy atom. The first-order chi connectivity index (χ1) is 10.2. The van der Waals surface area contributed by atoms with E-state index in [1.54, 1.807) is 0 Å². The number of hydrogen-bond donors (Lipinski definition) is 2. The van der Waals surface area contributed by atoms with Crippen molar-refractivity contribution in [1.29, 1.82) is 0 Å². The van der Waals surface area contributed by atoms with Crippen molar-refractivity contribution in [2.45, 2.75) is 109 Å². The number of carbonyl (C=O) groups excluding carboxylic acids is 1. The Bertz CT molecular complexity index is 231. The highest BCUT2D eigenvalue weighted by atomic mass is 16.1. The molecule has 0 radical (unpaired) electrons. The molecule has 0 heterocycles. The fourth-order valence-corrected chi connectivity index (χ4v) is 2.74. The summed E-state index contributed by atoms with van der Waals surface area (Å²) in [5.74, 6) is -0.166. The Morgan fingerprint density at radius 2 is 1.19 bits per heavy atom. The van der Waals surface area contributed by atoms with Crippen molar-refractivity contribution in [2.75, 3.05) is 0 Å². The van der Waals surface area contributed by atoms with Crippen molar-refractivity contribution < 1.29 is 4.79 Å². The highest BCUT2D eigenvalue weighted by molar-refractivity contribution is 5.73. The third-order valence-electron chi connectivity index (χ3n) is 4.18. The molecule has 0 saturated carbocycles. The number of rotatable bonds is 16. The van der Waals surface area contributed by atoms with E-state index in [0.29, 0.717) is 12.5 Å². The second-order valence-corrected chi connectivity index (χ2v) is 6.44. The molecule has 0 spiro atoms. The Kier molecular flexibility index (Phi) is 15.4. The van der Waals surface area contributed by atoms with Crippen LogP contribution in [0.4, 0.5) is 0 Å². The van der Waals surface area contributed by atoms with Gasteiger partial charge in [0.2, 0.25) is 5.91 Å². The highest BCUT2D eigenvalue weighted by Gasteiger charge is 2.02. The van der Waals surface area contributed by atoms with Crippen LogP contribution < -0.4 is 11.5 Å².